The fourth-order valence-corrected chi connectivity index (χ4v) is 2.37. The Labute approximate surface area is 104 Å². The predicted molar refractivity (Wildman–Crippen MR) is 65.9 cm³/mol. The van der Waals surface area contributed by atoms with Crippen molar-refractivity contribution in [1.29, 1.82) is 0 Å². The standard InChI is InChI=1S/C11H10FN3O2S/c12-8-3-4-10(13)11(6-8)15-18(16,17)9-2-1-5-14-7-9/h1-7,15H,13H2. The van der Waals surface area contributed by atoms with E-state index >= 15 is 0 Å². The first-order valence-electron chi connectivity index (χ1n) is 4.97. The Balaban J connectivity index is 2.37. The van der Waals surface area contributed by atoms with Crippen molar-refractivity contribution in [3.8, 4) is 0 Å². The normalized spacial score (nSPS) is 11.2. The molecule has 1 heterocycles. The molecular weight excluding hydrogens is 257 g/mol. The highest BCUT2D eigenvalue weighted by Crippen LogP contribution is 2.22. The van der Waals surface area contributed by atoms with E-state index in [2.05, 4.69) is 9.71 Å². The maximum atomic E-state index is 13.0. The number of rotatable bonds is 3. The summed E-state index contributed by atoms with van der Waals surface area (Å²) in [5.74, 6) is -0.576. The van der Waals surface area contributed by atoms with Crippen LogP contribution in [-0.2, 0) is 10.0 Å². The largest absolute Gasteiger partial charge is 0.397 e. The van der Waals surface area contributed by atoms with E-state index in [9.17, 15) is 12.8 Å². The van der Waals surface area contributed by atoms with Crippen LogP contribution < -0.4 is 10.5 Å². The van der Waals surface area contributed by atoms with Gasteiger partial charge in [0.25, 0.3) is 10.0 Å². The Bertz CT molecular complexity index is 659. The monoisotopic (exact) mass is 267 g/mol. The molecule has 0 aliphatic carbocycles. The lowest BCUT2D eigenvalue weighted by Crippen LogP contribution is -2.14. The summed E-state index contributed by atoms with van der Waals surface area (Å²) in [6.45, 7) is 0. The summed E-state index contributed by atoms with van der Waals surface area (Å²) in [5, 5.41) is 0. The fourth-order valence-electron chi connectivity index (χ4n) is 1.33. The number of halogens is 1. The van der Waals surface area contributed by atoms with E-state index in [4.69, 9.17) is 5.73 Å². The summed E-state index contributed by atoms with van der Waals surface area (Å²) in [5.41, 5.74) is 5.71. The summed E-state index contributed by atoms with van der Waals surface area (Å²) in [6, 6.07) is 6.32. The zero-order valence-corrected chi connectivity index (χ0v) is 9.99. The lowest BCUT2D eigenvalue weighted by atomic mass is 10.3. The summed E-state index contributed by atoms with van der Waals surface area (Å²) in [6.07, 6.45) is 2.65. The molecule has 0 aliphatic rings. The number of anilines is 2. The first-order chi connectivity index (χ1) is 8.49. The third-order valence-corrected chi connectivity index (χ3v) is 3.56. The van der Waals surface area contributed by atoms with Crippen molar-refractivity contribution in [3.63, 3.8) is 0 Å². The molecule has 0 bridgehead atoms. The number of benzene rings is 1. The van der Waals surface area contributed by atoms with E-state index in [1.54, 1.807) is 0 Å². The number of hydrogen-bond acceptors (Lipinski definition) is 4. The van der Waals surface area contributed by atoms with E-state index in [0.717, 1.165) is 12.1 Å². The molecule has 0 saturated carbocycles. The maximum Gasteiger partial charge on any atom is 0.263 e. The molecule has 0 unspecified atom stereocenters. The van der Waals surface area contributed by atoms with Crippen LogP contribution in [0.2, 0.25) is 0 Å². The average Bonchev–Trinajstić information content (AvgIpc) is 2.35. The molecule has 5 nitrogen and oxygen atoms in total. The van der Waals surface area contributed by atoms with Crippen LogP contribution in [-0.4, -0.2) is 13.4 Å². The molecule has 0 spiro atoms. The number of pyridine rings is 1. The van der Waals surface area contributed by atoms with Gasteiger partial charge in [-0.25, -0.2) is 12.8 Å². The highest BCUT2D eigenvalue weighted by atomic mass is 32.2. The molecule has 0 atom stereocenters. The van der Waals surface area contributed by atoms with Gasteiger partial charge in [-0.2, -0.15) is 0 Å². The van der Waals surface area contributed by atoms with Crippen LogP contribution >= 0.6 is 0 Å². The van der Waals surface area contributed by atoms with Gasteiger partial charge in [0.1, 0.15) is 10.7 Å². The molecule has 0 saturated heterocycles. The van der Waals surface area contributed by atoms with Crippen molar-refractivity contribution in [2.24, 2.45) is 0 Å². The number of aromatic nitrogens is 1. The van der Waals surface area contributed by atoms with E-state index in [1.807, 2.05) is 0 Å². The predicted octanol–water partition coefficient (Wildman–Crippen LogP) is 1.60. The molecule has 18 heavy (non-hydrogen) atoms. The number of nitrogens with one attached hydrogen (secondary N) is 1. The third-order valence-electron chi connectivity index (χ3n) is 2.20. The van der Waals surface area contributed by atoms with Gasteiger partial charge in [-0.05, 0) is 24.3 Å². The van der Waals surface area contributed by atoms with E-state index in [0.29, 0.717) is 0 Å². The summed E-state index contributed by atoms with van der Waals surface area (Å²) in [7, 11) is -3.81. The number of sulfonamides is 1. The van der Waals surface area contributed by atoms with E-state index in [1.165, 1.54) is 30.6 Å². The van der Waals surface area contributed by atoms with E-state index in [-0.39, 0.29) is 16.3 Å². The minimum atomic E-state index is -3.81. The van der Waals surface area contributed by atoms with Gasteiger partial charge in [-0.15, -0.1) is 0 Å². The van der Waals surface area contributed by atoms with Crippen molar-refractivity contribution in [2.75, 3.05) is 10.5 Å². The maximum absolute atomic E-state index is 13.0. The third kappa shape index (κ3) is 2.57. The van der Waals surface area contributed by atoms with E-state index < -0.39 is 15.8 Å². The highest BCUT2D eigenvalue weighted by molar-refractivity contribution is 7.92. The van der Waals surface area contributed by atoms with Crippen LogP contribution in [0, 0.1) is 5.82 Å². The molecule has 1 aromatic heterocycles. The Morgan fingerprint density at radius 1 is 1.28 bits per heavy atom. The second-order valence-corrected chi connectivity index (χ2v) is 5.21. The van der Waals surface area contributed by atoms with Crippen molar-refractivity contribution in [3.05, 3.63) is 48.5 Å². The number of nitrogen functional groups attached to an aromatic ring is 1. The molecule has 0 fully saturated rings. The topological polar surface area (TPSA) is 85.1 Å². The Hall–Kier alpha value is -2.15. The summed E-state index contributed by atoms with van der Waals surface area (Å²) < 4.78 is 39.1. The lowest BCUT2D eigenvalue weighted by Gasteiger charge is -2.09. The van der Waals surface area contributed by atoms with Gasteiger partial charge >= 0.3 is 0 Å². The first kappa shape index (κ1) is 12.3. The van der Waals surface area contributed by atoms with Gasteiger partial charge in [0.2, 0.25) is 0 Å². The quantitative estimate of drug-likeness (QED) is 0.827. The second kappa shape index (κ2) is 4.61. The van der Waals surface area contributed by atoms with Crippen LogP contribution in [0.4, 0.5) is 15.8 Å². The van der Waals surface area contributed by atoms with Gasteiger partial charge in [0.05, 0.1) is 11.4 Å². The van der Waals surface area contributed by atoms with Crippen LogP contribution in [0.5, 0.6) is 0 Å². The highest BCUT2D eigenvalue weighted by Gasteiger charge is 2.15. The minimum Gasteiger partial charge on any atom is -0.397 e. The number of hydrogen-bond donors (Lipinski definition) is 2. The van der Waals surface area contributed by atoms with Gasteiger partial charge in [-0.3, -0.25) is 9.71 Å². The second-order valence-electron chi connectivity index (χ2n) is 3.53. The Morgan fingerprint density at radius 2 is 2.06 bits per heavy atom. The number of nitrogens with two attached hydrogens (primary N) is 1. The Morgan fingerprint density at radius 3 is 2.72 bits per heavy atom. The fraction of sp³-hybridized carbons (Fsp3) is 0. The molecule has 94 valence electrons. The molecular formula is C11H10FN3O2S. The van der Waals surface area contributed by atoms with Crippen LogP contribution in [0.15, 0.2) is 47.6 Å². The van der Waals surface area contributed by atoms with Crippen LogP contribution in [0.1, 0.15) is 0 Å². The van der Waals surface area contributed by atoms with Gasteiger partial charge < -0.3 is 5.73 Å². The molecule has 0 amide bonds. The smallest absolute Gasteiger partial charge is 0.263 e. The van der Waals surface area contributed by atoms with Crippen molar-refractivity contribution in [1.82, 2.24) is 4.98 Å². The molecule has 0 radical (unpaired) electrons. The average molecular weight is 267 g/mol. The van der Waals surface area contributed by atoms with Gasteiger partial charge in [-0.1, -0.05) is 0 Å². The zero-order valence-electron chi connectivity index (χ0n) is 9.17. The lowest BCUT2D eigenvalue weighted by molar-refractivity contribution is 0.600. The van der Waals surface area contributed by atoms with Crippen molar-refractivity contribution in [2.45, 2.75) is 4.90 Å². The van der Waals surface area contributed by atoms with Crippen LogP contribution in [0.25, 0.3) is 0 Å². The molecule has 1 aromatic carbocycles. The summed E-state index contributed by atoms with van der Waals surface area (Å²) in [4.78, 5) is 3.69. The molecule has 7 heteroatoms. The summed E-state index contributed by atoms with van der Waals surface area (Å²) >= 11 is 0. The number of nitrogens with zero attached hydrogens (tertiary/aromatic N) is 1. The molecule has 3 N–H and O–H groups in total. The minimum absolute atomic E-state index is 0.00106. The first-order valence-corrected chi connectivity index (χ1v) is 6.45. The van der Waals surface area contributed by atoms with Crippen LogP contribution in [0.3, 0.4) is 0 Å². The molecule has 0 aliphatic heterocycles. The SMILES string of the molecule is Nc1ccc(F)cc1NS(=O)(=O)c1cccnc1. The molecule has 2 aromatic rings. The van der Waals surface area contributed by atoms with Gasteiger partial charge in [0.15, 0.2) is 0 Å². The molecule has 2 rings (SSSR count). The van der Waals surface area contributed by atoms with Crippen molar-refractivity contribution < 1.29 is 12.8 Å². The Kier molecular flexibility index (Phi) is 3.15. The van der Waals surface area contributed by atoms with Crippen molar-refractivity contribution >= 4 is 21.4 Å². The van der Waals surface area contributed by atoms with Gasteiger partial charge in [0, 0.05) is 18.5 Å². The zero-order chi connectivity index (χ0) is 13.2.